The lowest BCUT2D eigenvalue weighted by molar-refractivity contribution is 0.102. The lowest BCUT2D eigenvalue weighted by Gasteiger charge is -2.37. The van der Waals surface area contributed by atoms with E-state index < -0.39 is 5.67 Å². The molecule has 0 aromatic heterocycles. The topological polar surface area (TPSA) is 3.24 Å². The average Bonchev–Trinajstić information content (AvgIpc) is 2.81. The zero-order chi connectivity index (χ0) is 11.0. The van der Waals surface area contributed by atoms with Gasteiger partial charge in [0.2, 0.25) is 0 Å². The quantitative estimate of drug-likeness (QED) is 0.659. The number of hydrogen-bond donors (Lipinski definition) is 0. The highest BCUT2D eigenvalue weighted by molar-refractivity contribution is 4.92. The van der Waals surface area contributed by atoms with E-state index in [4.69, 9.17) is 0 Å². The molecule has 0 aromatic carbocycles. The van der Waals surface area contributed by atoms with Crippen LogP contribution in [-0.4, -0.2) is 29.2 Å². The van der Waals surface area contributed by atoms with Crippen LogP contribution in [0.1, 0.15) is 53.4 Å². The molecule has 2 heteroatoms. The lowest BCUT2D eigenvalue weighted by atomic mass is 9.91. The fourth-order valence-electron chi connectivity index (χ4n) is 1.74. The predicted molar refractivity (Wildman–Crippen MR) is 59.3 cm³/mol. The summed E-state index contributed by atoms with van der Waals surface area (Å²) in [5, 5.41) is 0. The Bertz CT molecular complexity index is 189. The lowest BCUT2D eigenvalue weighted by Crippen LogP contribution is -2.43. The fraction of sp³-hybridized carbons (Fsp3) is 1.00. The van der Waals surface area contributed by atoms with E-state index in [0.717, 1.165) is 12.5 Å². The van der Waals surface area contributed by atoms with E-state index in [1.807, 2.05) is 0 Å². The molecule has 0 heterocycles. The Balaban J connectivity index is 2.40. The standard InChI is InChI=1S/C12H24FN/c1-11(2,13)8-9-12(3,4)14(5)10-6-7-10/h10H,6-9H2,1-5H3. The van der Waals surface area contributed by atoms with Gasteiger partial charge in [-0.3, -0.25) is 4.90 Å². The Morgan fingerprint density at radius 3 is 2.00 bits per heavy atom. The highest BCUT2D eigenvalue weighted by atomic mass is 19.1. The molecule has 0 aliphatic heterocycles. The van der Waals surface area contributed by atoms with Crippen LogP contribution in [0.2, 0.25) is 0 Å². The Hall–Kier alpha value is -0.110. The summed E-state index contributed by atoms with van der Waals surface area (Å²) in [6, 6.07) is 0.757. The van der Waals surface area contributed by atoms with Gasteiger partial charge >= 0.3 is 0 Å². The molecule has 1 nitrogen and oxygen atoms in total. The van der Waals surface area contributed by atoms with Gasteiger partial charge < -0.3 is 0 Å². The SMILES string of the molecule is CN(C1CC1)C(C)(C)CCC(C)(C)F. The Morgan fingerprint density at radius 2 is 1.64 bits per heavy atom. The summed E-state index contributed by atoms with van der Waals surface area (Å²) in [6.45, 7) is 7.77. The summed E-state index contributed by atoms with van der Waals surface area (Å²) in [6.07, 6.45) is 4.22. The van der Waals surface area contributed by atoms with Gasteiger partial charge in [0, 0.05) is 11.6 Å². The maximum atomic E-state index is 13.4. The summed E-state index contributed by atoms with van der Waals surface area (Å²) in [5.74, 6) is 0. The van der Waals surface area contributed by atoms with Crippen LogP contribution in [-0.2, 0) is 0 Å². The number of hydrogen-bond acceptors (Lipinski definition) is 1. The third-order valence-electron chi connectivity index (χ3n) is 3.38. The molecule has 0 spiro atoms. The van der Waals surface area contributed by atoms with Crippen molar-refractivity contribution in [1.82, 2.24) is 4.90 Å². The third kappa shape index (κ3) is 3.56. The number of alkyl halides is 1. The van der Waals surface area contributed by atoms with E-state index in [0.29, 0.717) is 6.42 Å². The monoisotopic (exact) mass is 201 g/mol. The summed E-state index contributed by atoms with van der Waals surface area (Å²) in [5.41, 5.74) is -0.883. The molecular weight excluding hydrogens is 177 g/mol. The van der Waals surface area contributed by atoms with Crippen LogP contribution in [0.15, 0.2) is 0 Å². The Labute approximate surface area is 87.7 Å². The molecule has 1 aliphatic rings. The van der Waals surface area contributed by atoms with E-state index in [9.17, 15) is 4.39 Å². The second-order valence-electron chi connectivity index (χ2n) is 5.87. The van der Waals surface area contributed by atoms with Crippen LogP contribution >= 0.6 is 0 Å². The first-order valence-electron chi connectivity index (χ1n) is 5.64. The Kier molecular flexibility index (Phi) is 3.25. The number of halogens is 1. The van der Waals surface area contributed by atoms with E-state index in [1.165, 1.54) is 12.8 Å². The normalized spacial score (nSPS) is 19.1. The molecule has 1 aliphatic carbocycles. The van der Waals surface area contributed by atoms with Crippen molar-refractivity contribution in [3.05, 3.63) is 0 Å². The van der Waals surface area contributed by atoms with Crippen molar-refractivity contribution < 1.29 is 4.39 Å². The van der Waals surface area contributed by atoms with Crippen molar-refractivity contribution in [2.75, 3.05) is 7.05 Å². The molecule has 1 fully saturated rings. The van der Waals surface area contributed by atoms with Crippen LogP contribution in [0.5, 0.6) is 0 Å². The minimum absolute atomic E-state index is 0.143. The highest BCUT2D eigenvalue weighted by Crippen LogP contribution is 2.34. The van der Waals surface area contributed by atoms with Crippen LogP contribution in [0.4, 0.5) is 4.39 Å². The summed E-state index contributed by atoms with van der Waals surface area (Å²) in [7, 11) is 2.17. The van der Waals surface area contributed by atoms with Crippen LogP contribution in [0.3, 0.4) is 0 Å². The second-order valence-corrected chi connectivity index (χ2v) is 5.87. The largest absolute Gasteiger partial charge is 0.298 e. The molecule has 1 rings (SSSR count). The minimum Gasteiger partial charge on any atom is -0.298 e. The molecule has 0 N–H and O–H groups in total. The summed E-state index contributed by atoms with van der Waals surface area (Å²) < 4.78 is 13.4. The molecule has 0 unspecified atom stereocenters. The van der Waals surface area contributed by atoms with Gasteiger partial charge in [0.05, 0.1) is 0 Å². The van der Waals surface area contributed by atoms with Gasteiger partial charge in [-0.05, 0) is 60.4 Å². The zero-order valence-corrected chi connectivity index (χ0v) is 10.2. The maximum Gasteiger partial charge on any atom is 0.105 e. The van der Waals surface area contributed by atoms with Crippen molar-refractivity contribution in [3.63, 3.8) is 0 Å². The first-order valence-corrected chi connectivity index (χ1v) is 5.64. The van der Waals surface area contributed by atoms with Gasteiger partial charge in [-0.1, -0.05) is 0 Å². The van der Waals surface area contributed by atoms with E-state index in [-0.39, 0.29) is 5.54 Å². The minimum atomic E-state index is -1.03. The van der Waals surface area contributed by atoms with Crippen LogP contribution < -0.4 is 0 Å². The van der Waals surface area contributed by atoms with E-state index in [1.54, 1.807) is 13.8 Å². The zero-order valence-electron chi connectivity index (χ0n) is 10.2. The second kappa shape index (κ2) is 3.80. The first kappa shape index (κ1) is 12.0. The van der Waals surface area contributed by atoms with Crippen molar-refractivity contribution in [1.29, 1.82) is 0 Å². The van der Waals surface area contributed by atoms with Gasteiger partial charge in [-0.25, -0.2) is 4.39 Å². The van der Waals surface area contributed by atoms with Crippen LogP contribution in [0, 0.1) is 0 Å². The summed E-state index contributed by atoms with van der Waals surface area (Å²) >= 11 is 0. The van der Waals surface area contributed by atoms with Crippen LogP contribution in [0.25, 0.3) is 0 Å². The molecule has 0 aromatic rings. The molecule has 0 bridgehead atoms. The van der Waals surface area contributed by atoms with Gasteiger partial charge in [0.15, 0.2) is 0 Å². The smallest absolute Gasteiger partial charge is 0.105 e. The van der Waals surface area contributed by atoms with Gasteiger partial charge in [0.1, 0.15) is 5.67 Å². The molecule has 0 atom stereocenters. The first-order chi connectivity index (χ1) is 6.22. The highest BCUT2D eigenvalue weighted by Gasteiger charge is 2.36. The average molecular weight is 201 g/mol. The summed E-state index contributed by atoms with van der Waals surface area (Å²) in [4.78, 5) is 2.42. The molecule has 84 valence electrons. The number of nitrogens with zero attached hydrogens (tertiary/aromatic N) is 1. The molecule has 0 saturated heterocycles. The van der Waals surface area contributed by atoms with Gasteiger partial charge in [0.25, 0.3) is 0 Å². The molecule has 14 heavy (non-hydrogen) atoms. The predicted octanol–water partition coefficient (Wildman–Crippen LogP) is 3.39. The van der Waals surface area contributed by atoms with Gasteiger partial charge in [-0.2, -0.15) is 0 Å². The van der Waals surface area contributed by atoms with Crippen molar-refractivity contribution in [2.45, 2.75) is 70.6 Å². The molecule has 0 amide bonds. The van der Waals surface area contributed by atoms with Crippen molar-refractivity contribution in [3.8, 4) is 0 Å². The molecular formula is C12H24FN. The maximum absolute atomic E-state index is 13.4. The van der Waals surface area contributed by atoms with Gasteiger partial charge in [-0.15, -0.1) is 0 Å². The van der Waals surface area contributed by atoms with E-state index >= 15 is 0 Å². The third-order valence-corrected chi connectivity index (χ3v) is 3.38. The number of rotatable bonds is 5. The van der Waals surface area contributed by atoms with Crippen molar-refractivity contribution in [2.24, 2.45) is 0 Å². The molecule has 1 saturated carbocycles. The van der Waals surface area contributed by atoms with E-state index in [2.05, 4.69) is 25.8 Å². The molecule has 0 radical (unpaired) electrons. The Morgan fingerprint density at radius 1 is 1.14 bits per heavy atom. The van der Waals surface area contributed by atoms with Crippen molar-refractivity contribution >= 4 is 0 Å². The fourth-order valence-corrected chi connectivity index (χ4v) is 1.74.